The maximum absolute atomic E-state index is 12.6. The van der Waals surface area contributed by atoms with E-state index < -0.39 is 17.5 Å². The number of esters is 1. The van der Waals surface area contributed by atoms with Crippen LogP contribution in [0.4, 0.5) is 11.4 Å². The van der Waals surface area contributed by atoms with E-state index in [1.807, 2.05) is 0 Å². The van der Waals surface area contributed by atoms with Crippen LogP contribution in [0.1, 0.15) is 22.3 Å². The number of non-ortho nitro benzene ring substituents is 1. The van der Waals surface area contributed by atoms with Crippen LogP contribution in [-0.4, -0.2) is 39.7 Å². The van der Waals surface area contributed by atoms with Crippen LogP contribution >= 0.6 is 0 Å². The van der Waals surface area contributed by atoms with Gasteiger partial charge in [-0.1, -0.05) is 0 Å². The highest BCUT2D eigenvalue weighted by Gasteiger charge is 2.25. The molecule has 1 aliphatic rings. The van der Waals surface area contributed by atoms with Crippen molar-refractivity contribution in [3.05, 3.63) is 82.2 Å². The molecule has 0 radical (unpaired) electrons. The minimum Gasteiger partial charge on any atom is -0.452 e. The first-order valence-electron chi connectivity index (χ1n) is 9.38. The van der Waals surface area contributed by atoms with Crippen LogP contribution in [0, 0.1) is 10.1 Å². The van der Waals surface area contributed by atoms with Gasteiger partial charge in [-0.3, -0.25) is 14.9 Å². The Morgan fingerprint density at radius 3 is 2.67 bits per heavy atom. The molecule has 0 saturated carbocycles. The number of carbonyl (C=O) groups excluding carboxylic acids is 2. The fraction of sp³-hybridized carbons (Fsp3) is 0.190. The summed E-state index contributed by atoms with van der Waals surface area (Å²) < 4.78 is 6.85. The molecule has 0 spiro atoms. The third-order valence-corrected chi connectivity index (χ3v) is 4.89. The van der Waals surface area contributed by atoms with Gasteiger partial charge in [-0.05, 0) is 54.8 Å². The highest BCUT2D eigenvalue weighted by Crippen LogP contribution is 2.30. The summed E-state index contributed by atoms with van der Waals surface area (Å²) in [7, 11) is 0. The van der Waals surface area contributed by atoms with Crippen LogP contribution in [0.3, 0.4) is 0 Å². The number of benzene rings is 2. The molecule has 30 heavy (non-hydrogen) atoms. The molecule has 0 N–H and O–H groups in total. The zero-order valence-electron chi connectivity index (χ0n) is 15.9. The van der Waals surface area contributed by atoms with Gasteiger partial charge in [0.2, 0.25) is 0 Å². The number of carbonyl (C=O) groups is 2. The van der Waals surface area contributed by atoms with Gasteiger partial charge in [0.1, 0.15) is 0 Å². The molecule has 1 aromatic heterocycles. The van der Waals surface area contributed by atoms with Crippen molar-refractivity contribution < 1.29 is 19.2 Å². The summed E-state index contributed by atoms with van der Waals surface area (Å²) in [5, 5.41) is 15.1. The van der Waals surface area contributed by atoms with Gasteiger partial charge in [-0.2, -0.15) is 5.10 Å². The van der Waals surface area contributed by atoms with E-state index in [0.717, 1.165) is 11.3 Å². The SMILES string of the molecule is O=C(OCC(=O)N1CCCc2cc([N+](=O)[O-])ccc21)c1ccc(-n2cccn2)cc1. The first kappa shape index (κ1) is 19.3. The number of nitro benzene ring substituents is 1. The lowest BCUT2D eigenvalue weighted by Crippen LogP contribution is -2.38. The van der Waals surface area contributed by atoms with E-state index in [2.05, 4.69) is 5.10 Å². The second-order valence-corrected chi connectivity index (χ2v) is 6.79. The van der Waals surface area contributed by atoms with Gasteiger partial charge in [-0.25, -0.2) is 9.48 Å². The van der Waals surface area contributed by atoms with Crippen molar-refractivity contribution in [1.29, 1.82) is 0 Å². The molecule has 9 nitrogen and oxygen atoms in total. The van der Waals surface area contributed by atoms with Gasteiger partial charge in [0.25, 0.3) is 11.6 Å². The largest absolute Gasteiger partial charge is 0.452 e. The smallest absolute Gasteiger partial charge is 0.338 e. The minimum atomic E-state index is -0.601. The number of nitro groups is 1. The van der Waals surface area contributed by atoms with Crippen molar-refractivity contribution in [3.8, 4) is 5.69 Å². The van der Waals surface area contributed by atoms with Crippen LogP contribution in [0.2, 0.25) is 0 Å². The molecule has 0 bridgehead atoms. The van der Waals surface area contributed by atoms with Crippen molar-refractivity contribution in [3.63, 3.8) is 0 Å². The second kappa shape index (κ2) is 8.16. The number of nitrogens with zero attached hydrogens (tertiary/aromatic N) is 4. The quantitative estimate of drug-likeness (QED) is 0.366. The predicted octanol–water partition coefficient (Wildman–Crippen LogP) is 2.92. The van der Waals surface area contributed by atoms with Crippen molar-refractivity contribution in [1.82, 2.24) is 9.78 Å². The normalized spacial score (nSPS) is 12.9. The third-order valence-electron chi connectivity index (χ3n) is 4.89. The van der Waals surface area contributed by atoms with E-state index in [1.54, 1.807) is 53.5 Å². The van der Waals surface area contributed by atoms with Gasteiger partial charge < -0.3 is 9.64 Å². The number of fused-ring (bicyclic) bond motifs is 1. The molecule has 152 valence electrons. The van der Waals surface area contributed by atoms with E-state index in [9.17, 15) is 19.7 Å². The van der Waals surface area contributed by atoms with E-state index in [4.69, 9.17) is 4.74 Å². The van der Waals surface area contributed by atoms with Crippen molar-refractivity contribution in [2.24, 2.45) is 0 Å². The fourth-order valence-corrected chi connectivity index (χ4v) is 3.42. The van der Waals surface area contributed by atoms with Crippen LogP contribution in [0.15, 0.2) is 60.9 Å². The molecule has 0 unspecified atom stereocenters. The molecule has 2 aromatic carbocycles. The molecule has 2 heterocycles. The second-order valence-electron chi connectivity index (χ2n) is 6.79. The van der Waals surface area contributed by atoms with Gasteiger partial charge in [0.15, 0.2) is 6.61 Å². The Morgan fingerprint density at radius 2 is 1.97 bits per heavy atom. The molecule has 1 aliphatic heterocycles. The van der Waals surface area contributed by atoms with E-state index in [1.165, 1.54) is 17.0 Å². The molecule has 4 rings (SSSR count). The van der Waals surface area contributed by atoms with Crippen molar-refractivity contribution in [2.75, 3.05) is 18.1 Å². The molecule has 0 saturated heterocycles. The first-order chi connectivity index (χ1) is 14.5. The molecule has 0 fully saturated rings. The van der Waals surface area contributed by atoms with Gasteiger partial charge >= 0.3 is 5.97 Å². The summed E-state index contributed by atoms with van der Waals surface area (Å²) in [5.74, 6) is -0.970. The molecular weight excluding hydrogens is 388 g/mol. The number of aryl methyl sites for hydroxylation is 1. The Kier molecular flexibility index (Phi) is 5.25. The zero-order valence-corrected chi connectivity index (χ0v) is 15.9. The van der Waals surface area contributed by atoms with Crippen molar-refractivity contribution in [2.45, 2.75) is 12.8 Å². The lowest BCUT2D eigenvalue weighted by molar-refractivity contribution is -0.384. The highest BCUT2D eigenvalue weighted by molar-refractivity contribution is 5.98. The van der Waals surface area contributed by atoms with E-state index in [-0.39, 0.29) is 11.6 Å². The monoisotopic (exact) mass is 406 g/mol. The predicted molar refractivity (Wildman–Crippen MR) is 108 cm³/mol. The molecule has 0 atom stereocenters. The molecule has 3 aromatic rings. The van der Waals surface area contributed by atoms with Gasteiger partial charge in [-0.15, -0.1) is 0 Å². The average molecular weight is 406 g/mol. The van der Waals surface area contributed by atoms with E-state index >= 15 is 0 Å². The van der Waals surface area contributed by atoms with Crippen LogP contribution < -0.4 is 4.90 Å². The molecule has 0 aliphatic carbocycles. The summed E-state index contributed by atoms with van der Waals surface area (Å²) in [6.07, 6.45) is 4.79. The number of aromatic nitrogens is 2. The first-order valence-corrected chi connectivity index (χ1v) is 9.38. The average Bonchev–Trinajstić information content (AvgIpc) is 3.31. The summed E-state index contributed by atoms with van der Waals surface area (Å²) >= 11 is 0. The number of rotatable bonds is 5. The number of ether oxygens (including phenoxy) is 1. The number of hydrogen-bond donors (Lipinski definition) is 0. The Hall–Kier alpha value is -4.01. The molecular formula is C21H18N4O5. The Morgan fingerprint density at radius 1 is 1.17 bits per heavy atom. The molecule has 1 amide bonds. The summed E-state index contributed by atoms with van der Waals surface area (Å²) in [6, 6.07) is 12.9. The standard InChI is InChI=1S/C21H18N4O5/c26-20(23-11-1-3-16-13-18(25(28)29)8-9-19(16)23)14-30-21(27)15-4-6-17(7-5-15)24-12-2-10-22-24/h2,4-10,12-13H,1,3,11,14H2. The zero-order chi connectivity index (χ0) is 21.1. The van der Waals surface area contributed by atoms with Crippen molar-refractivity contribution >= 4 is 23.3 Å². The lowest BCUT2D eigenvalue weighted by atomic mass is 10.0. The summed E-state index contributed by atoms with van der Waals surface area (Å²) in [4.78, 5) is 37.0. The van der Waals surface area contributed by atoms with Crippen LogP contribution in [0.25, 0.3) is 5.69 Å². The maximum Gasteiger partial charge on any atom is 0.338 e. The fourth-order valence-electron chi connectivity index (χ4n) is 3.42. The highest BCUT2D eigenvalue weighted by atomic mass is 16.6. The number of amides is 1. The summed E-state index contributed by atoms with van der Waals surface area (Å²) in [6.45, 7) is 0.0654. The maximum atomic E-state index is 12.6. The number of anilines is 1. The topological polar surface area (TPSA) is 108 Å². The minimum absolute atomic E-state index is 0.00645. The third kappa shape index (κ3) is 3.90. The van der Waals surface area contributed by atoms with Crippen LogP contribution in [0.5, 0.6) is 0 Å². The Labute approximate surface area is 171 Å². The Balaban J connectivity index is 1.40. The lowest BCUT2D eigenvalue weighted by Gasteiger charge is -2.29. The number of hydrogen-bond acceptors (Lipinski definition) is 6. The van der Waals surface area contributed by atoms with E-state index in [0.29, 0.717) is 30.6 Å². The van der Waals surface area contributed by atoms with Gasteiger partial charge in [0, 0.05) is 36.8 Å². The van der Waals surface area contributed by atoms with Gasteiger partial charge in [0.05, 0.1) is 16.2 Å². The summed E-state index contributed by atoms with van der Waals surface area (Å²) in [5.41, 5.74) is 2.48. The Bertz CT molecular complexity index is 1090. The van der Waals surface area contributed by atoms with Crippen LogP contribution in [-0.2, 0) is 16.0 Å². The molecule has 9 heteroatoms.